The van der Waals surface area contributed by atoms with Gasteiger partial charge in [-0.15, -0.1) is 11.3 Å². The first-order valence-electron chi connectivity index (χ1n) is 3.47. The van der Waals surface area contributed by atoms with Crippen LogP contribution in [-0.4, -0.2) is 14.9 Å². The van der Waals surface area contributed by atoms with Crippen molar-refractivity contribution >= 4 is 22.1 Å². The molecule has 0 aliphatic carbocycles. The fourth-order valence-corrected chi connectivity index (χ4v) is 2.89. The van der Waals surface area contributed by atoms with Crippen LogP contribution >= 0.6 is 11.3 Å². The molecule has 0 aliphatic heterocycles. The van der Waals surface area contributed by atoms with Gasteiger partial charge in [-0.25, -0.2) is 4.98 Å². The number of rotatable bonds is 2. The summed E-state index contributed by atoms with van der Waals surface area (Å²) in [5, 5.41) is 0. The first kappa shape index (κ1) is 8.87. The molecule has 0 saturated carbocycles. The van der Waals surface area contributed by atoms with Gasteiger partial charge in [0, 0.05) is 10.6 Å². The molecule has 1 heterocycles. The second kappa shape index (κ2) is 3.45. The minimum atomic E-state index is -0.872. The van der Waals surface area contributed by atoms with E-state index in [1.54, 1.807) is 0 Å². The van der Waals surface area contributed by atoms with Gasteiger partial charge >= 0.3 is 0 Å². The number of aromatic nitrogens is 1. The zero-order valence-corrected chi connectivity index (χ0v) is 8.51. The molecule has 0 N–H and O–H groups in total. The molecule has 62 valence electrons. The Morgan fingerprint density at radius 2 is 2.18 bits per heavy atom. The van der Waals surface area contributed by atoms with E-state index >= 15 is 0 Å². The Balaban J connectivity index is 2.97. The lowest BCUT2D eigenvalue weighted by Crippen LogP contribution is -1.92. The quantitative estimate of drug-likeness (QED) is 0.711. The number of hydrogen-bond donors (Lipinski definition) is 0. The fourth-order valence-electron chi connectivity index (χ4n) is 0.664. The molecule has 1 atom stereocenters. The van der Waals surface area contributed by atoms with Gasteiger partial charge in [0.2, 0.25) is 0 Å². The van der Waals surface area contributed by atoms with Gasteiger partial charge < -0.3 is 0 Å². The maximum atomic E-state index is 11.2. The largest absolute Gasteiger partial charge is 0.252 e. The van der Waals surface area contributed by atoms with Gasteiger partial charge in [0.15, 0.2) is 4.34 Å². The van der Waals surface area contributed by atoms with Crippen molar-refractivity contribution in [2.45, 2.75) is 25.1 Å². The van der Waals surface area contributed by atoms with E-state index in [1.807, 2.05) is 20.8 Å². The smallest absolute Gasteiger partial charge is 0.181 e. The van der Waals surface area contributed by atoms with Crippen LogP contribution in [0.2, 0.25) is 0 Å². The highest BCUT2D eigenvalue weighted by atomic mass is 32.2. The van der Waals surface area contributed by atoms with E-state index in [2.05, 4.69) is 4.98 Å². The summed E-state index contributed by atoms with van der Waals surface area (Å²) in [7, 11) is -0.872. The molecule has 0 aliphatic rings. The molecule has 4 heteroatoms. The van der Waals surface area contributed by atoms with Crippen molar-refractivity contribution in [3.05, 3.63) is 10.6 Å². The number of nitrogens with zero attached hydrogens (tertiary/aromatic N) is 1. The summed E-state index contributed by atoms with van der Waals surface area (Å²) in [5.74, 6) is 0.659. The average Bonchev–Trinajstić information content (AvgIpc) is 2.31. The topological polar surface area (TPSA) is 30.0 Å². The lowest BCUT2D eigenvalue weighted by molar-refractivity contribution is 0.683. The standard InChI is InChI=1S/C7H11NOS2/c1-4-11(9)7-8-5(2)6(3)10-7/h4H2,1-3H3. The van der Waals surface area contributed by atoms with Crippen molar-refractivity contribution in [2.75, 3.05) is 5.75 Å². The van der Waals surface area contributed by atoms with Gasteiger partial charge in [0.1, 0.15) is 0 Å². The van der Waals surface area contributed by atoms with E-state index in [0.717, 1.165) is 10.0 Å². The number of aryl methyl sites for hydroxylation is 2. The van der Waals surface area contributed by atoms with Gasteiger partial charge in [0.05, 0.1) is 16.5 Å². The number of hydrogen-bond acceptors (Lipinski definition) is 3. The average molecular weight is 189 g/mol. The van der Waals surface area contributed by atoms with Crippen LogP contribution in [0, 0.1) is 13.8 Å². The molecular weight excluding hydrogens is 178 g/mol. The number of thiazole rings is 1. The fraction of sp³-hybridized carbons (Fsp3) is 0.571. The first-order chi connectivity index (χ1) is 5.15. The Hall–Kier alpha value is -0.220. The normalized spacial score (nSPS) is 13.4. The van der Waals surface area contributed by atoms with Crippen LogP contribution in [-0.2, 0) is 10.8 Å². The molecule has 0 fully saturated rings. The third kappa shape index (κ3) is 1.87. The molecule has 0 saturated heterocycles. The van der Waals surface area contributed by atoms with E-state index in [-0.39, 0.29) is 0 Å². The summed E-state index contributed by atoms with van der Waals surface area (Å²) in [6, 6.07) is 0. The summed E-state index contributed by atoms with van der Waals surface area (Å²) in [5.41, 5.74) is 1.01. The van der Waals surface area contributed by atoms with Crippen LogP contribution in [0.4, 0.5) is 0 Å². The third-order valence-corrected chi connectivity index (χ3v) is 4.15. The lowest BCUT2D eigenvalue weighted by atomic mass is 10.4. The minimum absolute atomic E-state index is 0.659. The lowest BCUT2D eigenvalue weighted by Gasteiger charge is -1.87. The summed E-state index contributed by atoms with van der Waals surface area (Å²) >= 11 is 1.54. The Bertz CT molecular complexity index is 260. The van der Waals surface area contributed by atoms with Crippen molar-refractivity contribution < 1.29 is 4.21 Å². The van der Waals surface area contributed by atoms with E-state index in [0.29, 0.717) is 5.75 Å². The molecule has 1 unspecified atom stereocenters. The molecule has 0 aromatic carbocycles. The van der Waals surface area contributed by atoms with Crippen LogP contribution in [0.25, 0.3) is 0 Å². The van der Waals surface area contributed by atoms with E-state index in [1.165, 1.54) is 16.2 Å². The van der Waals surface area contributed by atoms with Gasteiger partial charge in [-0.2, -0.15) is 0 Å². The predicted molar refractivity (Wildman–Crippen MR) is 48.5 cm³/mol. The first-order valence-corrected chi connectivity index (χ1v) is 5.61. The Morgan fingerprint density at radius 1 is 1.55 bits per heavy atom. The summed E-state index contributed by atoms with van der Waals surface area (Å²) < 4.78 is 12.0. The Kier molecular flexibility index (Phi) is 2.78. The maximum absolute atomic E-state index is 11.2. The summed E-state index contributed by atoms with van der Waals surface area (Å²) in [6.45, 7) is 5.85. The second-order valence-electron chi connectivity index (χ2n) is 2.26. The molecule has 0 radical (unpaired) electrons. The van der Waals surface area contributed by atoms with Crippen molar-refractivity contribution in [3.8, 4) is 0 Å². The molecule has 11 heavy (non-hydrogen) atoms. The second-order valence-corrected chi connectivity index (χ2v) is 5.37. The van der Waals surface area contributed by atoms with Gasteiger partial charge in [-0.1, -0.05) is 6.92 Å². The molecule has 2 nitrogen and oxygen atoms in total. The highest BCUT2D eigenvalue weighted by Crippen LogP contribution is 2.19. The molecule has 0 bridgehead atoms. The van der Waals surface area contributed by atoms with Crippen molar-refractivity contribution in [1.82, 2.24) is 4.98 Å². The van der Waals surface area contributed by atoms with E-state index in [4.69, 9.17) is 0 Å². The predicted octanol–water partition coefficient (Wildman–Crippen LogP) is 1.89. The van der Waals surface area contributed by atoms with Crippen molar-refractivity contribution in [1.29, 1.82) is 0 Å². The van der Waals surface area contributed by atoms with Crippen molar-refractivity contribution in [3.63, 3.8) is 0 Å². The molecule has 0 amide bonds. The zero-order chi connectivity index (χ0) is 8.43. The van der Waals surface area contributed by atoms with Crippen LogP contribution in [0.3, 0.4) is 0 Å². The molecular formula is C7H11NOS2. The maximum Gasteiger partial charge on any atom is 0.181 e. The van der Waals surface area contributed by atoms with Crippen molar-refractivity contribution in [2.24, 2.45) is 0 Å². The van der Waals surface area contributed by atoms with E-state index < -0.39 is 10.8 Å². The molecule has 0 spiro atoms. The summed E-state index contributed by atoms with van der Waals surface area (Å²) in [6.07, 6.45) is 0. The SMILES string of the molecule is CCS(=O)c1nc(C)c(C)s1. The monoisotopic (exact) mass is 189 g/mol. The summed E-state index contributed by atoms with van der Waals surface area (Å²) in [4.78, 5) is 5.37. The Labute approximate surface area is 73.1 Å². The minimum Gasteiger partial charge on any atom is -0.252 e. The van der Waals surface area contributed by atoms with Crippen LogP contribution in [0.5, 0.6) is 0 Å². The van der Waals surface area contributed by atoms with Gasteiger partial charge in [-0.3, -0.25) is 4.21 Å². The van der Waals surface area contributed by atoms with E-state index in [9.17, 15) is 4.21 Å². The molecule has 1 aromatic rings. The highest BCUT2D eigenvalue weighted by molar-refractivity contribution is 7.87. The van der Waals surface area contributed by atoms with Gasteiger partial charge in [-0.05, 0) is 13.8 Å². The van der Waals surface area contributed by atoms with Crippen LogP contribution < -0.4 is 0 Å². The van der Waals surface area contributed by atoms with Crippen LogP contribution in [0.1, 0.15) is 17.5 Å². The highest BCUT2D eigenvalue weighted by Gasteiger charge is 2.07. The third-order valence-electron chi connectivity index (χ3n) is 1.47. The van der Waals surface area contributed by atoms with Crippen LogP contribution in [0.15, 0.2) is 4.34 Å². The molecule has 1 aromatic heterocycles. The van der Waals surface area contributed by atoms with Gasteiger partial charge in [0.25, 0.3) is 0 Å². The zero-order valence-electron chi connectivity index (χ0n) is 6.88. The molecule has 1 rings (SSSR count). The Morgan fingerprint density at radius 3 is 2.55 bits per heavy atom.